The molecule has 3 aliphatic rings. The Morgan fingerprint density at radius 1 is 0.326 bits per heavy atom. The summed E-state index contributed by atoms with van der Waals surface area (Å²) >= 11 is 1.89. The second kappa shape index (κ2) is 8.88. The molecule has 0 aromatic heterocycles. The van der Waals surface area contributed by atoms with Gasteiger partial charge >= 0.3 is 0 Å². The largest absolute Gasteiger partial charge is 0.0888 e. The standard InChI is InChI=1S/C45H26S/c1-3-17-37-31(13-1)33-15-5-9-27-11-7-19-40(43(27)33)45(37)38-18-4-2-14-32(38)35-25-29(21-23-39(35)45)30-22-24-41-36(26-30)34-16-6-10-28-12-8-20-42(46-41)44(28)34/h1-26H. The normalized spacial score (nSPS) is 16.3. The highest BCUT2D eigenvalue weighted by Gasteiger charge is 2.49. The third-order valence-electron chi connectivity index (χ3n) is 10.7. The highest BCUT2D eigenvalue weighted by atomic mass is 32.2. The molecule has 1 aliphatic heterocycles. The minimum atomic E-state index is -0.374. The summed E-state index contributed by atoms with van der Waals surface area (Å²) in [6.07, 6.45) is 0. The van der Waals surface area contributed by atoms with Crippen molar-refractivity contribution in [2.24, 2.45) is 0 Å². The van der Waals surface area contributed by atoms with Crippen LogP contribution in [0, 0.1) is 0 Å². The van der Waals surface area contributed by atoms with Crippen molar-refractivity contribution in [2.45, 2.75) is 15.2 Å². The topological polar surface area (TPSA) is 0 Å². The van der Waals surface area contributed by atoms with Gasteiger partial charge in [0.2, 0.25) is 0 Å². The van der Waals surface area contributed by atoms with E-state index in [2.05, 4.69) is 158 Å². The van der Waals surface area contributed by atoms with Crippen LogP contribution in [0.15, 0.2) is 168 Å². The summed E-state index contributed by atoms with van der Waals surface area (Å²) in [4.78, 5) is 2.67. The van der Waals surface area contributed by atoms with Crippen molar-refractivity contribution in [1.29, 1.82) is 0 Å². The second-order valence-corrected chi connectivity index (χ2v) is 13.9. The Bertz CT molecular complexity index is 2610. The van der Waals surface area contributed by atoms with Gasteiger partial charge in [-0.3, -0.25) is 0 Å². The van der Waals surface area contributed by atoms with Gasteiger partial charge in [-0.05, 0) is 107 Å². The van der Waals surface area contributed by atoms with Crippen LogP contribution >= 0.6 is 11.8 Å². The minimum Gasteiger partial charge on any atom is -0.0888 e. The van der Waals surface area contributed by atoms with Gasteiger partial charge in [0.15, 0.2) is 0 Å². The summed E-state index contributed by atoms with van der Waals surface area (Å²) in [5.74, 6) is 0. The fourth-order valence-corrected chi connectivity index (χ4v) is 9.98. The molecule has 0 amide bonds. The van der Waals surface area contributed by atoms with Crippen LogP contribution < -0.4 is 0 Å². The molecule has 1 heteroatoms. The van der Waals surface area contributed by atoms with E-state index in [0.29, 0.717) is 0 Å². The molecular weight excluding hydrogens is 573 g/mol. The van der Waals surface area contributed by atoms with Gasteiger partial charge in [-0.1, -0.05) is 145 Å². The van der Waals surface area contributed by atoms with Gasteiger partial charge in [-0.2, -0.15) is 0 Å². The van der Waals surface area contributed by atoms with Crippen LogP contribution in [0.4, 0.5) is 0 Å². The molecule has 0 saturated heterocycles. The molecule has 0 N–H and O–H groups in total. The van der Waals surface area contributed by atoms with Crippen LogP contribution in [-0.4, -0.2) is 0 Å². The fourth-order valence-electron chi connectivity index (χ4n) is 8.86. The van der Waals surface area contributed by atoms with Gasteiger partial charge in [-0.25, -0.2) is 0 Å². The third kappa shape index (κ3) is 3.02. The maximum absolute atomic E-state index is 2.46. The monoisotopic (exact) mass is 598 g/mol. The molecule has 2 aliphatic carbocycles. The number of rotatable bonds is 1. The Balaban J connectivity index is 1.17. The Labute approximate surface area is 272 Å². The SMILES string of the molecule is c1ccc2c(c1)-c1cc(-c3ccc4c(c3)-c3cccc5cccc(c35)S4)ccc1C21c2ccccc2-c2cccc3cccc1c23. The van der Waals surface area contributed by atoms with Crippen LogP contribution in [0.3, 0.4) is 0 Å². The molecule has 1 heterocycles. The summed E-state index contributed by atoms with van der Waals surface area (Å²) < 4.78 is 0. The average Bonchev–Trinajstić information content (AvgIpc) is 3.41. The minimum absolute atomic E-state index is 0.374. The molecule has 212 valence electrons. The predicted molar refractivity (Wildman–Crippen MR) is 193 cm³/mol. The fraction of sp³-hybridized carbons (Fsp3) is 0.0222. The lowest BCUT2D eigenvalue weighted by Gasteiger charge is -2.40. The Morgan fingerprint density at radius 3 is 1.61 bits per heavy atom. The molecule has 0 nitrogen and oxygen atoms in total. The number of hydrogen-bond acceptors (Lipinski definition) is 1. The van der Waals surface area contributed by atoms with Crippen LogP contribution in [0.2, 0.25) is 0 Å². The molecule has 0 radical (unpaired) electrons. The summed E-state index contributed by atoms with van der Waals surface area (Å²) in [6.45, 7) is 0. The van der Waals surface area contributed by atoms with E-state index in [0.717, 1.165) is 0 Å². The van der Waals surface area contributed by atoms with Crippen molar-refractivity contribution >= 4 is 33.3 Å². The molecule has 0 saturated carbocycles. The van der Waals surface area contributed by atoms with Gasteiger partial charge in [0.05, 0.1) is 5.41 Å². The van der Waals surface area contributed by atoms with Gasteiger partial charge in [0, 0.05) is 15.2 Å². The molecular formula is C45H26S. The number of benzene rings is 8. The lowest BCUT2D eigenvalue weighted by Crippen LogP contribution is -2.31. The van der Waals surface area contributed by atoms with E-state index in [-0.39, 0.29) is 5.41 Å². The van der Waals surface area contributed by atoms with E-state index in [9.17, 15) is 0 Å². The van der Waals surface area contributed by atoms with E-state index in [1.807, 2.05) is 11.8 Å². The van der Waals surface area contributed by atoms with Gasteiger partial charge in [-0.15, -0.1) is 0 Å². The summed E-state index contributed by atoms with van der Waals surface area (Å²) in [6, 6.07) is 59.5. The number of fused-ring (bicyclic) bond motifs is 11. The van der Waals surface area contributed by atoms with E-state index >= 15 is 0 Å². The Hall–Kier alpha value is -5.37. The smallest absolute Gasteiger partial charge is 0.0725 e. The summed E-state index contributed by atoms with van der Waals surface area (Å²) in [5, 5.41) is 5.35. The van der Waals surface area contributed by atoms with Crippen molar-refractivity contribution in [2.75, 3.05) is 0 Å². The predicted octanol–water partition coefficient (Wildman–Crippen LogP) is 12.1. The van der Waals surface area contributed by atoms with Gasteiger partial charge in [0.1, 0.15) is 0 Å². The maximum Gasteiger partial charge on any atom is 0.0725 e. The Kier molecular flexibility index (Phi) is 4.80. The highest BCUT2D eigenvalue weighted by Crippen LogP contribution is 2.62. The average molecular weight is 599 g/mol. The highest BCUT2D eigenvalue weighted by molar-refractivity contribution is 7.99. The van der Waals surface area contributed by atoms with Crippen molar-refractivity contribution < 1.29 is 0 Å². The molecule has 0 fully saturated rings. The molecule has 8 aromatic rings. The maximum atomic E-state index is 2.46. The second-order valence-electron chi connectivity index (χ2n) is 12.8. The van der Waals surface area contributed by atoms with Gasteiger partial charge < -0.3 is 0 Å². The lowest BCUT2D eigenvalue weighted by atomic mass is 9.61. The summed E-state index contributed by atoms with van der Waals surface area (Å²) in [5.41, 5.74) is 15.6. The number of hydrogen-bond donors (Lipinski definition) is 0. The first-order valence-electron chi connectivity index (χ1n) is 16.0. The molecule has 0 bridgehead atoms. The molecule has 46 heavy (non-hydrogen) atoms. The van der Waals surface area contributed by atoms with E-state index < -0.39 is 0 Å². The zero-order valence-corrected chi connectivity index (χ0v) is 25.7. The van der Waals surface area contributed by atoms with Crippen LogP contribution in [0.25, 0.3) is 66.1 Å². The van der Waals surface area contributed by atoms with Gasteiger partial charge in [0.25, 0.3) is 0 Å². The van der Waals surface area contributed by atoms with Crippen LogP contribution in [0.5, 0.6) is 0 Å². The lowest BCUT2D eigenvalue weighted by molar-refractivity contribution is 0.773. The molecule has 1 spiro atoms. The quantitative estimate of drug-likeness (QED) is 0.181. The van der Waals surface area contributed by atoms with Crippen molar-refractivity contribution in [3.63, 3.8) is 0 Å². The first kappa shape index (κ1) is 24.9. The van der Waals surface area contributed by atoms with Crippen molar-refractivity contribution in [3.05, 3.63) is 180 Å². The molecule has 1 atom stereocenters. The van der Waals surface area contributed by atoms with Crippen LogP contribution in [-0.2, 0) is 5.41 Å². The zero-order valence-electron chi connectivity index (χ0n) is 24.9. The first-order chi connectivity index (χ1) is 22.8. The zero-order chi connectivity index (χ0) is 30.0. The third-order valence-corrected chi connectivity index (χ3v) is 11.8. The summed E-state index contributed by atoms with van der Waals surface area (Å²) in [7, 11) is 0. The Morgan fingerprint density at radius 2 is 0.848 bits per heavy atom. The van der Waals surface area contributed by atoms with E-state index in [1.54, 1.807) is 0 Å². The van der Waals surface area contributed by atoms with Crippen molar-refractivity contribution in [3.8, 4) is 44.5 Å². The molecule has 1 unspecified atom stereocenters. The first-order valence-corrected chi connectivity index (χ1v) is 16.8. The van der Waals surface area contributed by atoms with Crippen molar-refractivity contribution in [1.82, 2.24) is 0 Å². The molecule has 11 rings (SSSR count). The van der Waals surface area contributed by atoms with E-state index in [4.69, 9.17) is 0 Å². The van der Waals surface area contributed by atoms with Crippen LogP contribution in [0.1, 0.15) is 22.3 Å². The van der Waals surface area contributed by atoms with E-state index in [1.165, 1.54) is 98.1 Å². The molecule has 8 aromatic carbocycles.